The lowest BCUT2D eigenvalue weighted by Crippen LogP contribution is -2.32. The van der Waals surface area contributed by atoms with E-state index in [2.05, 4.69) is 15.3 Å². The molecular formula is C22H22F2N4O2. The molecule has 1 aliphatic heterocycles. The van der Waals surface area contributed by atoms with Crippen molar-refractivity contribution < 1.29 is 13.6 Å². The van der Waals surface area contributed by atoms with E-state index in [1.807, 2.05) is 0 Å². The minimum Gasteiger partial charge on any atom is -0.346 e. The number of hydrogen-bond donors (Lipinski definition) is 1. The van der Waals surface area contributed by atoms with Gasteiger partial charge >= 0.3 is 0 Å². The van der Waals surface area contributed by atoms with Crippen molar-refractivity contribution in [3.63, 3.8) is 0 Å². The van der Waals surface area contributed by atoms with E-state index >= 15 is 0 Å². The molecule has 1 aliphatic rings. The molecule has 0 saturated carbocycles. The SMILES string of the molecule is O=C(NCc1nn(CCN2CCCC2)c(=O)c2ccccc12)c1ccc(F)cc1F. The van der Waals surface area contributed by atoms with Crippen LogP contribution in [0.5, 0.6) is 0 Å². The number of carbonyl (C=O) groups excluding carboxylic acids is 1. The number of fused-ring (bicyclic) bond motifs is 1. The summed E-state index contributed by atoms with van der Waals surface area (Å²) in [6.07, 6.45) is 2.33. The lowest BCUT2D eigenvalue weighted by atomic mass is 10.1. The van der Waals surface area contributed by atoms with Crippen LogP contribution in [0.3, 0.4) is 0 Å². The monoisotopic (exact) mass is 412 g/mol. The third-order valence-electron chi connectivity index (χ3n) is 5.36. The Morgan fingerprint density at radius 1 is 1.03 bits per heavy atom. The van der Waals surface area contributed by atoms with E-state index in [-0.39, 0.29) is 17.7 Å². The lowest BCUT2D eigenvalue weighted by molar-refractivity contribution is 0.0946. The maximum atomic E-state index is 13.9. The van der Waals surface area contributed by atoms with Gasteiger partial charge in [-0.05, 0) is 44.1 Å². The minimum atomic E-state index is -0.930. The number of carbonyl (C=O) groups is 1. The molecule has 0 radical (unpaired) electrons. The Balaban J connectivity index is 1.58. The Hall–Kier alpha value is -3.13. The predicted molar refractivity (Wildman–Crippen MR) is 109 cm³/mol. The van der Waals surface area contributed by atoms with E-state index < -0.39 is 17.5 Å². The fraction of sp³-hybridized carbons (Fsp3) is 0.318. The number of nitrogens with one attached hydrogen (secondary N) is 1. The zero-order valence-electron chi connectivity index (χ0n) is 16.4. The van der Waals surface area contributed by atoms with Gasteiger partial charge in [-0.2, -0.15) is 5.10 Å². The molecule has 2 heterocycles. The van der Waals surface area contributed by atoms with Crippen molar-refractivity contribution in [2.75, 3.05) is 19.6 Å². The molecule has 1 fully saturated rings. The van der Waals surface area contributed by atoms with Gasteiger partial charge in [0.1, 0.15) is 11.6 Å². The molecule has 30 heavy (non-hydrogen) atoms. The number of nitrogens with zero attached hydrogens (tertiary/aromatic N) is 3. The van der Waals surface area contributed by atoms with Gasteiger partial charge in [0.2, 0.25) is 0 Å². The molecule has 0 unspecified atom stereocenters. The Bertz CT molecular complexity index is 1140. The maximum absolute atomic E-state index is 13.9. The third kappa shape index (κ3) is 4.23. The van der Waals surface area contributed by atoms with Crippen LogP contribution in [-0.4, -0.2) is 40.2 Å². The predicted octanol–water partition coefficient (Wildman–Crippen LogP) is 2.70. The fourth-order valence-corrected chi connectivity index (χ4v) is 3.76. The van der Waals surface area contributed by atoms with Crippen molar-refractivity contribution in [3.8, 4) is 0 Å². The van der Waals surface area contributed by atoms with Crippen LogP contribution in [-0.2, 0) is 13.1 Å². The molecule has 0 spiro atoms. The van der Waals surface area contributed by atoms with E-state index in [4.69, 9.17) is 0 Å². The van der Waals surface area contributed by atoms with Gasteiger partial charge in [-0.15, -0.1) is 0 Å². The molecule has 1 N–H and O–H groups in total. The summed E-state index contributed by atoms with van der Waals surface area (Å²) >= 11 is 0. The van der Waals surface area contributed by atoms with Gasteiger partial charge in [-0.3, -0.25) is 9.59 Å². The lowest BCUT2D eigenvalue weighted by Gasteiger charge is -2.16. The molecule has 1 saturated heterocycles. The Kier molecular flexibility index (Phi) is 5.85. The highest BCUT2D eigenvalue weighted by atomic mass is 19.1. The van der Waals surface area contributed by atoms with Gasteiger partial charge < -0.3 is 10.2 Å². The first-order valence-electron chi connectivity index (χ1n) is 9.97. The highest BCUT2D eigenvalue weighted by Gasteiger charge is 2.16. The molecule has 1 aromatic heterocycles. The third-order valence-corrected chi connectivity index (χ3v) is 5.36. The molecule has 156 valence electrons. The molecule has 0 atom stereocenters. The number of benzene rings is 2. The van der Waals surface area contributed by atoms with E-state index in [1.165, 1.54) is 4.68 Å². The highest BCUT2D eigenvalue weighted by molar-refractivity contribution is 5.94. The fourth-order valence-electron chi connectivity index (χ4n) is 3.76. The van der Waals surface area contributed by atoms with Crippen molar-refractivity contribution >= 4 is 16.7 Å². The molecule has 3 aromatic rings. The largest absolute Gasteiger partial charge is 0.346 e. The summed E-state index contributed by atoms with van der Waals surface area (Å²) < 4.78 is 28.4. The van der Waals surface area contributed by atoms with Gasteiger partial charge in [0.15, 0.2) is 0 Å². The van der Waals surface area contributed by atoms with E-state index in [1.54, 1.807) is 24.3 Å². The van der Waals surface area contributed by atoms with Crippen LogP contribution in [0, 0.1) is 11.6 Å². The van der Waals surface area contributed by atoms with Crippen LogP contribution in [0.1, 0.15) is 28.9 Å². The first-order valence-corrected chi connectivity index (χ1v) is 9.97. The number of amides is 1. The van der Waals surface area contributed by atoms with Crippen molar-refractivity contribution in [1.82, 2.24) is 20.0 Å². The molecule has 0 bridgehead atoms. The van der Waals surface area contributed by atoms with Gasteiger partial charge in [-0.25, -0.2) is 13.5 Å². The summed E-state index contributed by atoms with van der Waals surface area (Å²) in [6, 6.07) is 9.88. The molecule has 2 aromatic carbocycles. The standard InChI is InChI=1S/C22H22F2N4O2/c23-15-7-8-18(19(24)13-15)21(29)25-14-20-16-5-1-2-6-17(16)22(30)28(26-20)12-11-27-9-3-4-10-27/h1-2,5-8,13H,3-4,9-12,14H2,(H,25,29). The quantitative estimate of drug-likeness (QED) is 0.676. The maximum Gasteiger partial charge on any atom is 0.274 e. The van der Waals surface area contributed by atoms with Crippen molar-refractivity contribution in [3.05, 3.63) is 75.7 Å². The second-order valence-electron chi connectivity index (χ2n) is 7.38. The first kappa shape index (κ1) is 20.2. The zero-order valence-corrected chi connectivity index (χ0v) is 16.4. The number of halogens is 2. The molecule has 8 heteroatoms. The van der Waals surface area contributed by atoms with E-state index in [0.29, 0.717) is 29.1 Å². The van der Waals surface area contributed by atoms with Gasteiger partial charge in [-0.1, -0.05) is 18.2 Å². The number of likely N-dealkylation sites (tertiary alicyclic amines) is 1. The first-order chi connectivity index (χ1) is 14.5. The summed E-state index contributed by atoms with van der Waals surface area (Å²) in [5, 5.41) is 8.25. The van der Waals surface area contributed by atoms with Crippen LogP contribution >= 0.6 is 0 Å². The highest BCUT2D eigenvalue weighted by Crippen LogP contribution is 2.15. The summed E-state index contributed by atoms with van der Waals surface area (Å²) in [4.78, 5) is 27.5. The van der Waals surface area contributed by atoms with Crippen LogP contribution in [0.15, 0.2) is 47.3 Å². The van der Waals surface area contributed by atoms with Crippen LogP contribution in [0.2, 0.25) is 0 Å². The average molecular weight is 412 g/mol. The normalized spacial score (nSPS) is 14.3. The molecule has 0 aliphatic carbocycles. The zero-order chi connectivity index (χ0) is 21.1. The Morgan fingerprint density at radius 2 is 1.77 bits per heavy atom. The van der Waals surface area contributed by atoms with Crippen LogP contribution in [0.25, 0.3) is 10.8 Å². The van der Waals surface area contributed by atoms with Crippen molar-refractivity contribution in [2.24, 2.45) is 0 Å². The summed E-state index contributed by atoms with van der Waals surface area (Å²) in [5.41, 5.74) is 0.0926. The Labute approximate surface area is 172 Å². The van der Waals surface area contributed by atoms with Gasteiger partial charge in [0.25, 0.3) is 11.5 Å². The smallest absolute Gasteiger partial charge is 0.274 e. The van der Waals surface area contributed by atoms with Crippen molar-refractivity contribution in [2.45, 2.75) is 25.9 Å². The molecule has 1 amide bonds. The van der Waals surface area contributed by atoms with E-state index in [0.717, 1.165) is 44.6 Å². The second-order valence-corrected chi connectivity index (χ2v) is 7.38. The van der Waals surface area contributed by atoms with Gasteiger partial charge in [0, 0.05) is 18.0 Å². The molecule has 4 rings (SSSR count). The summed E-state index contributed by atoms with van der Waals surface area (Å²) in [7, 11) is 0. The van der Waals surface area contributed by atoms with Crippen molar-refractivity contribution in [1.29, 1.82) is 0 Å². The topological polar surface area (TPSA) is 67.2 Å². The average Bonchev–Trinajstić information content (AvgIpc) is 3.26. The summed E-state index contributed by atoms with van der Waals surface area (Å²) in [6.45, 7) is 3.25. The summed E-state index contributed by atoms with van der Waals surface area (Å²) in [5.74, 6) is -2.35. The number of hydrogen-bond acceptors (Lipinski definition) is 4. The molecule has 6 nitrogen and oxygen atoms in total. The van der Waals surface area contributed by atoms with E-state index in [9.17, 15) is 18.4 Å². The Morgan fingerprint density at radius 3 is 2.50 bits per heavy atom. The van der Waals surface area contributed by atoms with Crippen LogP contribution in [0.4, 0.5) is 8.78 Å². The second kappa shape index (κ2) is 8.71. The number of rotatable bonds is 6. The molecular weight excluding hydrogens is 390 g/mol. The number of aromatic nitrogens is 2. The van der Waals surface area contributed by atoms with Gasteiger partial charge in [0.05, 0.1) is 29.7 Å². The minimum absolute atomic E-state index is 0.0140. The van der Waals surface area contributed by atoms with Crippen LogP contribution < -0.4 is 10.9 Å².